The minimum absolute atomic E-state index is 0.311. The molecule has 2 rings (SSSR count). The van der Waals surface area contributed by atoms with Crippen LogP contribution in [-0.4, -0.2) is 24.2 Å². The van der Waals surface area contributed by atoms with Gasteiger partial charge < -0.3 is 19.2 Å². The van der Waals surface area contributed by atoms with Gasteiger partial charge >= 0.3 is 5.97 Å². The van der Waals surface area contributed by atoms with E-state index in [-0.39, 0.29) is 0 Å². The molecule has 1 aromatic heterocycles. The van der Waals surface area contributed by atoms with Crippen molar-refractivity contribution >= 4 is 11.7 Å². The number of hydrogen-bond acceptors (Lipinski definition) is 6. The number of benzene rings is 1. The van der Waals surface area contributed by atoms with E-state index in [9.17, 15) is 4.79 Å². The summed E-state index contributed by atoms with van der Waals surface area (Å²) in [6, 6.07) is 5.72. The maximum Gasteiger partial charge on any atom is 0.346 e. The Hall–Kier alpha value is -2.50. The number of carbonyl (C=O) groups excluding carboxylic acids is 1. The van der Waals surface area contributed by atoms with Crippen LogP contribution in [0.2, 0.25) is 0 Å². The lowest BCUT2D eigenvalue weighted by Crippen LogP contribution is -2.25. The van der Waals surface area contributed by atoms with Crippen molar-refractivity contribution in [1.29, 1.82) is 0 Å². The van der Waals surface area contributed by atoms with Crippen molar-refractivity contribution in [2.45, 2.75) is 46.3 Å². The molecule has 130 valence electrons. The lowest BCUT2D eigenvalue weighted by molar-refractivity contribution is -0.147. The fourth-order valence-corrected chi connectivity index (χ4v) is 2.09. The van der Waals surface area contributed by atoms with Gasteiger partial charge in [-0.3, -0.25) is 0 Å². The fourth-order valence-electron chi connectivity index (χ4n) is 2.09. The maximum atomic E-state index is 11.5. The summed E-state index contributed by atoms with van der Waals surface area (Å²) >= 11 is 0. The van der Waals surface area contributed by atoms with E-state index in [4.69, 9.17) is 9.15 Å². The monoisotopic (exact) mass is 332 g/mol. The van der Waals surface area contributed by atoms with Gasteiger partial charge in [0.15, 0.2) is 6.10 Å². The zero-order valence-corrected chi connectivity index (χ0v) is 14.8. The van der Waals surface area contributed by atoms with Gasteiger partial charge in [-0.2, -0.15) is 0 Å². The molecular weight excluding hydrogens is 308 g/mol. The zero-order chi connectivity index (χ0) is 17.7. The predicted molar refractivity (Wildman–Crippen MR) is 91.2 cm³/mol. The van der Waals surface area contributed by atoms with E-state index in [0.717, 1.165) is 17.0 Å². The molecule has 1 aromatic carbocycles. The fraction of sp³-hybridized carbons (Fsp3) is 0.444. The molecule has 0 bridgehead atoms. The first-order valence-corrected chi connectivity index (χ1v) is 7.94. The van der Waals surface area contributed by atoms with Crippen LogP contribution in [0, 0.1) is 6.92 Å². The van der Waals surface area contributed by atoms with Gasteiger partial charge in [0.05, 0.1) is 19.9 Å². The minimum Gasteiger partial charge on any atom is -0.479 e. The highest BCUT2D eigenvalue weighted by atomic mass is 16.6. The summed E-state index contributed by atoms with van der Waals surface area (Å²) < 4.78 is 16.0. The topological polar surface area (TPSA) is 73.6 Å². The molecule has 1 atom stereocenters. The van der Waals surface area contributed by atoms with Crippen molar-refractivity contribution in [3.8, 4) is 5.75 Å². The normalized spacial score (nSPS) is 12.1. The number of methoxy groups -OCH3 is 1. The van der Waals surface area contributed by atoms with E-state index in [1.54, 1.807) is 13.1 Å². The highest BCUT2D eigenvalue weighted by Crippen LogP contribution is 2.24. The third-order valence-electron chi connectivity index (χ3n) is 3.61. The van der Waals surface area contributed by atoms with Crippen LogP contribution in [0.4, 0.5) is 5.69 Å². The van der Waals surface area contributed by atoms with Gasteiger partial charge in [-0.25, -0.2) is 9.78 Å². The van der Waals surface area contributed by atoms with Gasteiger partial charge in [-0.15, -0.1) is 0 Å². The average molecular weight is 332 g/mol. The standard InChI is InChI=1S/C18H24N2O4/c1-11(2)16-9-20-17(24-16)10-19-14-7-6-12(3)15(8-14)23-13(4)18(21)22-5/h6-9,11,13,19H,10H2,1-5H3/t13-/m0/s1. The van der Waals surface area contributed by atoms with Crippen LogP contribution in [0.15, 0.2) is 28.8 Å². The first-order chi connectivity index (χ1) is 11.4. The number of anilines is 1. The zero-order valence-electron chi connectivity index (χ0n) is 14.8. The molecule has 0 unspecified atom stereocenters. The molecule has 1 N–H and O–H groups in total. The van der Waals surface area contributed by atoms with Crippen molar-refractivity contribution in [3.63, 3.8) is 0 Å². The van der Waals surface area contributed by atoms with Crippen LogP contribution in [0.1, 0.15) is 43.9 Å². The van der Waals surface area contributed by atoms with Crippen LogP contribution >= 0.6 is 0 Å². The molecule has 6 nitrogen and oxygen atoms in total. The predicted octanol–water partition coefficient (Wildman–Crippen LogP) is 3.66. The third-order valence-corrected chi connectivity index (χ3v) is 3.61. The van der Waals surface area contributed by atoms with Gasteiger partial charge in [-0.05, 0) is 25.5 Å². The Bertz CT molecular complexity index is 694. The second kappa shape index (κ2) is 7.86. The van der Waals surface area contributed by atoms with Gasteiger partial charge in [0.25, 0.3) is 0 Å². The number of carbonyl (C=O) groups is 1. The molecule has 0 fully saturated rings. The summed E-state index contributed by atoms with van der Waals surface area (Å²) in [5, 5.41) is 3.24. The van der Waals surface area contributed by atoms with Crippen LogP contribution in [-0.2, 0) is 16.1 Å². The highest BCUT2D eigenvalue weighted by Gasteiger charge is 2.16. The van der Waals surface area contributed by atoms with Crippen molar-refractivity contribution < 1.29 is 18.7 Å². The van der Waals surface area contributed by atoms with Crippen molar-refractivity contribution in [2.24, 2.45) is 0 Å². The SMILES string of the molecule is COC(=O)[C@H](C)Oc1cc(NCc2ncc(C(C)C)o2)ccc1C. The number of nitrogens with one attached hydrogen (secondary N) is 1. The summed E-state index contributed by atoms with van der Waals surface area (Å²) in [7, 11) is 1.34. The molecular formula is C18H24N2O4. The number of aromatic nitrogens is 1. The Morgan fingerprint density at radius 1 is 1.33 bits per heavy atom. The van der Waals surface area contributed by atoms with Gasteiger partial charge in [0, 0.05) is 17.7 Å². The summed E-state index contributed by atoms with van der Waals surface area (Å²) in [6.45, 7) is 8.17. The molecule has 0 aliphatic carbocycles. The average Bonchev–Trinajstić information content (AvgIpc) is 3.04. The minimum atomic E-state index is -0.663. The molecule has 0 spiro atoms. The molecule has 0 aliphatic rings. The van der Waals surface area contributed by atoms with Crippen molar-refractivity contribution in [2.75, 3.05) is 12.4 Å². The van der Waals surface area contributed by atoms with E-state index in [1.807, 2.05) is 25.1 Å². The van der Waals surface area contributed by atoms with Crippen LogP contribution in [0.25, 0.3) is 0 Å². The van der Waals surface area contributed by atoms with E-state index in [2.05, 4.69) is 28.9 Å². The molecule has 24 heavy (non-hydrogen) atoms. The first-order valence-electron chi connectivity index (χ1n) is 7.94. The number of nitrogens with zero attached hydrogens (tertiary/aromatic N) is 1. The molecule has 1 heterocycles. The smallest absolute Gasteiger partial charge is 0.346 e. The lowest BCUT2D eigenvalue weighted by Gasteiger charge is -2.15. The van der Waals surface area contributed by atoms with Crippen LogP contribution in [0.3, 0.4) is 0 Å². The number of hydrogen-bond donors (Lipinski definition) is 1. The quantitative estimate of drug-likeness (QED) is 0.780. The van der Waals surface area contributed by atoms with Crippen molar-refractivity contribution in [1.82, 2.24) is 4.98 Å². The van der Waals surface area contributed by atoms with Crippen molar-refractivity contribution in [3.05, 3.63) is 41.6 Å². The van der Waals surface area contributed by atoms with E-state index >= 15 is 0 Å². The molecule has 0 amide bonds. The van der Waals surface area contributed by atoms with Gasteiger partial charge in [0.1, 0.15) is 11.5 Å². The highest BCUT2D eigenvalue weighted by molar-refractivity contribution is 5.74. The maximum absolute atomic E-state index is 11.5. The summed E-state index contributed by atoms with van der Waals surface area (Å²) in [6.07, 6.45) is 1.09. The number of aryl methyl sites for hydroxylation is 1. The third kappa shape index (κ3) is 4.50. The largest absolute Gasteiger partial charge is 0.479 e. The number of ether oxygens (including phenoxy) is 2. The second-order valence-electron chi connectivity index (χ2n) is 5.93. The molecule has 6 heteroatoms. The lowest BCUT2D eigenvalue weighted by atomic mass is 10.2. The van der Waals surface area contributed by atoms with E-state index < -0.39 is 12.1 Å². The van der Waals surface area contributed by atoms with Gasteiger partial charge in [0.2, 0.25) is 5.89 Å². The molecule has 0 saturated carbocycles. The summed E-state index contributed by atoms with van der Waals surface area (Å²) in [4.78, 5) is 15.8. The van der Waals surface area contributed by atoms with Gasteiger partial charge in [-0.1, -0.05) is 19.9 Å². The Kier molecular flexibility index (Phi) is 5.84. The molecule has 0 radical (unpaired) electrons. The number of oxazole rings is 1. The van der Waals surface area contributed by atoms with E-state index in [0.29, 0.717) is 24.1 Å². The Morgan fingerprint density at radius 3 is 2.71 bits per heavy atom. The first kappa shape index (κ1) is 17.8. The summed E-state index contributed by atoms with van der Waals surface area (Å²) in [5.74, 6) is 2.03. The van der Waals surface area contributed by atoms with Crippen LogP contribution in [0.5, 0.6) is 5.75 Å². The van der Waals surface area contributed by atoms with E-state index in [1.165, 1.54) is 7.11 Å². The molecule has 2 aromatic rings. The Labute approximate surface area is 142 Å². The Morgan fingerprint density at radius 2 is 2.08 bits per heavy atom. The van der Waals surface area contributed by atoms with Crippen LogP contribution < -0.4 is 10.1 Å². The molecule has 0 aliphatic heterocycles. The summed E-state index contributed by atoms with van der Waals surface area (Å²) in [5.41, 5.74) is 1.80. The number of esters is 1. The molecule has 0 saturated heterocycles. The number of rotatable bonds is 7. The second-order valence-corrected chi connectivity index (χ2v) is 5.93. The Balaban J connectivity index is 2.03.